The summed E-state index contributed by atoms with van der Waals surface area (Å²) in [6.45, 7) is 4.59. The van der Waals surface area contributed by atoms with E-state index in [1.54, 1.807) is 12.1 Å². The smallest absolute Gasteiger partial charge is 0.270 e. The van der Waals surface area contributed by atoms with Crippen molar-refractivity contribution in [1.29, 1.82) is 0 Å². The lowest BCUT2D eigenvalue weighted by Crippen LogP contribution is -2.40. The summed E-state index contributed by atoms with van der Waals surface area (Å²) < 4.78 is 17.7. The van der Waals surface area contributed by atoms with Crippen LogP contribution in [0.4, 0.5) is 4.39 Å². The lowest BCUT2D eigenvalue weighted by atomic mass is 9.96. The number of hydrogen-bond donors (Lipinski definition) is 0. The van der Waals surface area contributed by atoms with Gasteiger partial charge in [-0.3, -0.25) is 4.79 Å². The van der Waals surface area contributed by atoms with Crippen LogP contribution in [0.25, 0.3) is 10.9 Å². The van der Waals surface area contributed by atoms with Crippen LogP contribution in [0.3, 0.4) is 0 Å². The third kappa shape index (κ3) is 3.43. The number of unbranched alkanes of at least 4 members (excludes halogenated alkanes) is 1. The summed E-state index contributed by atoms with van der Waals surface area (Å²) in [7, 11) is 1.87. The topological polar surface area (TPSA) is 43.1 Å². The van der Waals surface area contributed by atoms with Crippen molar-refractivity contribution in [3.05, 3.63) is 54.0 Å². The lowest BCUT2D eigenvalue weighted by molar-refractivity contribution is 0.0694. The zero-order valence-electron chi connectivity index (χ0n) is 16.6. The van der Waals surface area contributed by atoms with Gasteiger partial charge >= 0.3 is 0 Å². The fourth-order valence-corrected chi connectivity index (χ4v) is 4.26. The highest BCUT2D eigenvalue weighted by Crippen LogP contribution is 2.28. The number of imidazole rings is 1. The first-order valence-corrected chi connectivity index (χ1v) is 10.1. The Kier molecular flexibility index (Phi) is 5.20. The van der Waals surface area contributed by atoms with Crippen molar-refractivity contribution in [1.82, 2.24) is 19.0 Å². The Balaban J connectivity index is 1.56. The van der Waals surface area contributed by atoms with Crippen LogP contribution in [-0.4, -0.2) is 38.0 Å². The number of nitrogens with zero attached hydrogens (tertiary/aromatic N) is 4. The highest BCUT2D eigenvalue weighted by Gasteiger charge is 2.29. The number of likely N-dealkylation sites (tertiary alicyclic amines) is 1. The summed E-state index contributed by atoms with van der Waals surface area (Å²) in [6, 6.07) is 6.44. The monoisotopic (exact) mass is 382 g/mol. The van der Waals surface area contributed by atoms with E-state index in [9.17, 15) is 9.18 Å². The molecule has 0 aliphatic carbocycles. The number of hydrogen-bond acceptors (Lipinski definition) is 2. The Morgan fingerprint density at radius 2 is 2.18 bits per heavy atom. The van der Waals surface area contributed by atoms with Gasteiger partial charge in [0, 0.05) is 55.9 Å². The Bertz CT molecular complexity index is 990. The Labute approximate surface area is 164 Å². The SMILES string of the molecule is CCCCn1ccnc1[C@H]1CCCN(C(=O)c2cc3cc(F)ccc3n2C)C1. The number of rotatable bonds is 5. The zero-order chi connectivity index (χ0) is 19.7. The van der Waals surface area contributed by atoms with Gasteiger partial charge in [-0.05, 0) is 43.5 Å². The molecule has 0 bridgehead atoms. The summed E-state index contributed by atoms with van der Waals surface area (Å²) in [5.41, 5.74) is 1.48. The van der Waals surface area contributed by atoms with E-state index < -0.39 is 0 Å². The third-order valence-corrected chi connectivity index (χ3v) is 5.80. The second kappa shape index (κ2) is 7.78. The van der Waals surface area contributed by atoms with Crippen LogP contribution < -0.4 is 0 Å². The molecule has 3 aromatic rings. The van der Waals surface area contributed by atoms with E-state index >= 15 is 0 Å². The van der Waals surface area contributed by atoms with Crippen molar-refractivity contribution in [2.45, 2.75) is 45.1 Å². The van der Waals surface area contributed by atoms with Gasteiger partial charge in [0.1, 0.15) is 17.3 Å². The maximum absolute atomic E-state index is 13.6. The third-order valence-electron chi connectivity index (χ3n) is 5.80. The summed E-state index contributed by atoms with van der Waals surface area (Å²) in [5.74, 6) is 1.08. The Morgan fingerprint density at radius 1 is 1.32 bits per heavy atom. The second-order valence-electron chi connectivity index (χ2n) is 7.71. The van der Waals surface area contributed by atoms with Gasteiger partial charge in [0.15, 0.2) is 0 Å². The molecule has 0 spiro atoms. The second-order valence-corrected chi connectivity index (χ2v) is 7.71. The molecule has 4 rings (SSSR count). The quantitative estimate of drug-likeness (QED) is 0.659. The standard InChI is InChI=1S/C22H27FN4O/c1-3-4-10-26-12-9-24-21(26)16-6-5-11-27(15-16)22(28)20-14-17-13-18(23)7-8-19(17)25(20)2/h7-9,12-14,16H,3-6,10-11,15H2,1-2H3/t16-/m0/s1. The van der Waals surface area contributed by atoms with Gasteiger partial charge in [0.25, 0.3) is 5.91 Å². The molecular formula is C22H27FN4O. The molecule has 0 saturated carbocycles. The van der Waals surface area contributed by atoms with Crippen molar-refractivity contribution in [3.8, 4) is 0 Å². The van der Waals surface area contributed by atoms with E-state index in [2.05, 4.69) is 16.5 Å². The van der Waals surface area contributed by atoms with E-state index in [1.165, 1.54) is 12.1 Å². The minimum atomic E-state index is -0.283. The number of halogens is 1. The van der Waals surface area contributed by atoms with Gasteiger partial charge in [-0.2, -0.15) is 0 Å². The Morgan fingerprint density at radius 3 is 3.00 bits per heavy atom. The minimum Gasteiger partial charge on any atom is -0.340 e. The number of aryl methyl sites for hydroxylation is 2. The van der Waals surface area contributed by atoms with Crippen LogP contribution in [0, 0.1) is 5.82 Å². The molecule has 1 aliphatic heterocycles. The van der Waals surface area contributed by atoms with Gasteiger partial charge < -0.3 is 14.0 Å². The molecule has 1 aliphatic rings. The van der Waals surface area contributed by atoms with Crippen molar-refractivity contribution in [2.75, 3.05) is 13.1 Å². The summed E-state index contributed by atoms with van der Waals surface area (Å²) >= 11 is 0. The molecule has 6 heteroatoms. The largest absolute Gasteiger partial charge is 0.340 e. The number of benzene rings is 1. The van der Waals surface area contributed by atoms with E-state index in [-0.39, 0.29) is 17.6 Å². The van der Waals surface area contributed by atoms with Crippen LogP contribution in [-0.2, 0) is 13.6 Å². The summed E-state index contributed by atoms with van der Waals surface area (Å²) in [6.07, 6.45) is 8.21. The van der Waals surface area contributed by atoms with Crippen LogP contribution >= 0.6 is 0 Å². The molecule has 1 fully saturated rings. The van der Waals surface area contributed by atoms with Gasteiger partial charge in [-0.15, -0.1) is 0 Å². The van der Waals surface area contributed by atoms with Crippen molar-refractivity contribution in [3.63, 3.8) is 0 Å². The van der Waals surface area contributed by atoms with Crippen molar-refractivity contribution in [2.24, 2.45) is 7.05 Å². The maximum Gasteiger partial charge on any atom is 0.270 e. The summed E-state index contributed by atoms with van der Waals surface area (Å²) in [4.78, 5) is 19.8. The number of carbonyl (C=O) groups excluding carboxylic acids is 1. The fourth-order valence-electron chi connectivity index (χ4n) is 4.26. The summed E-state index contributed by atoms with van der Waals surface area (Å²) in [5, 5.41) is 0.759. The molecule has 1 amide bonds. The van der Waals surface area contributed by atoms with Gasteiger partial charge in [0.2, 0.25) is 0 Å². The molecule has 1 saturated heterocycles. The minimum absolute atomic E-state index is 0.00970. The normalized spacial score (nSPS) is 17.4. The van der Waals surface area contributed by atoms with E-state index in [0.717, 1.165) is 55.5 Å². The molecular weight excluding hydrogens is 355 g/mol. The first kappa shape index (κ1) is 18.7. The number of piperidine rings is 1. The highest BCUT2D eigenvalue weighted by atomic mass is 19.1. The van der Waals surface area contributed by atoms with Crippen LogP contribution in [0.2, 0.25) is 0 Å². The number of carbonyl (C=O) groups is 1. The molecule has 3 heterocycles. The van der Waals surface area contributed by atoms with Crippen LogP contribution in [0.15, 0.2) is 36.7 Å². The van der Waals surface area contributed by atoms with Crippen LogP contribution in [0.5, 0.6) is 0 Å². The maximum atomic E-state index is 13.6. The zero-order valence-corrected chi connectivity index (χ0v) is 16.6. The predicted molar refractivity (Wildman–Crippen MR) is 108 cm³/mol. The molecule has 0 radical (unpaired) electrons. The lowest BCUT2D eigenvalue weighted by Gasteiger charge is -2.32. The van der Waals surface area contributed by atoms with Gasteiger partial charge in [0.05, 0.1) is 0 Å². The molecule has 0 unspecified atom stereocenters. The highest BCUT2D eigenvalue weighted by molar-refractivity contribution is 5.98. The molecule has 5 nitrogen and oxygen atoms in total. The van der Waals surface area contributed by atoms with Crippen LogP contribution in [0.1, 0.15) is 54.8 Å². The van der Waals surface area contributed by atoms with Crippen molar-refractivity contribution >= 4 is 16.8 Å². The molecule has 28 heavy (non-hydrogen) atoms. The van der Waals surface area contributed by atoms with E-state index in [0.29, 0.717) is 12.2 Å². The molecule has 148 valence electrons. The predicted octanol–water partition coefficient (Wildman–Crippen LogP) is 4.33. The van der Waals surface area contributed by atoms with Gasteiger partial charge in [-0.25, -0.2) is 9.37 Å². The number of fused-ring (bicyclic) bond motifs is 1. The number of amides is 1. The first-order valence-electron chi connectivity index (χ1n) is 10.1. The molecule has 1 atom stereocenters. The molecule has 0 N–H and O–H groups in total. The average Bonchev–Trinajstić information content (AvgIpc) is 3.30. The molecule has 2 aromatic heterocycles. The van der Waals surface area contributed by atoms with E-state index in [1.807, 2.05) is 28.9 Å². The number of aromatic nitrogens is 3. The fraction of sp³-hybridized carbons (Fsp3) is 0.455. The van der Waals surface area contributed by atoms with E-state index in [4.69, 9.17) is 0 Å². The molecule has 1 aromatic carbocycles. The van der Waals surface area contributed by atoms with Gasteiger partial charge in [-0.1, -0.05) is 13.3 Å². The average molecular weight is 382 g/mol. The first-order chi connectivity index (χ1) is 13.6. The Hall–Kier alpha value is -2.63. The van der Waals surface area contributed by atoms with Crippen molar-refractivity contribution < 1.29 is 9.18 Å².